The number of benzene rings is 1. The zero-order valence-electron chi connectivity index (χ0n) is 8.63. The van der Waals surface area contributed by atoms with Gasteiger partial charge >= 0.3 is 0 Å². The quantitative estimate of drug-likeness (QED) is 0.622. The van der Waals surface area contributed by atoms with E-state index in [0.717, 1.165) is 5.56 Å². The van der Waals surface area contributed by atoms with E-state index in [1.165, 1.54) is 0 Å². The standard InChI is InChI=1S/C12H12N2/c1-12(2,3)11-5-9(7-13)4-10(6-11)8-14/h4-6H,1-3H3. The van der Waals surface area contributed by atoms with Gasteiger partial charge in [-0.2, -0.15) is 10.5 Å². The summed E-state index contributed by atoms with van der Waals surface area (Å²) in [5.74, 6) is 0. The van der Waals surface area contributed by atoms with Gasteiger partial charge in [0.1, 0.15) is 0 Å². The normalized spacial score (nSPS) is 10.4. The molecule has 0 aliphatic carbocycles. The SMILES string of the molecule is CC(C)(C)c1cc(C#N)cc(C#N)c1. The Morgan fingerprint density at radius 1 is 0.929 bits per heavy atom. The van der Waals surface area contributed by atoms with Crippen molar-refractivity contribution in [3.8, 4) is 12.1 Å². The van der Waals surface area contributed by atoms with Crippen LogP contribution >= 0.6 is 0 Å². The minimum absolute atomic E-state index is 0.0293. The highest BCUT2D eigenvalue weighted by molar-refractivity contribution is 5.44. The third kappa shape index (κ3) is 2.12. The smallest absolute Gasteiger partial charge is 0.0992 e. The molecule has 0 aromatic heterocycles. The van der Waals surface area contributed by atoms with Gasteiger partial charge in [-0.05, 0) is 29.2 Å². The van der Waals surface area contributed by atoms with Crippen LogP contribution in [0.2, 0.25) is 0 Å². The highest BCUT2D eigenvalue weighted by Crippen LogP contribution is 2.24. The molecule has 0 aliphatic rings. The second-order valence-electron chi connectivity index (χ2n) is 4.27. The molecule has 0 amide bonds. The minimum atomic E-state index is -0.0293. The van der Waals surface area contributed by atoms with Gasteiger partial charge < -0.3 is 0 Å². The first-order chi connectivity index (χ1) is 6.47. The van der Waals surface area contributed by atoms with E-state index in [1.807, 2.05) is 12.1 Å². The Kier molecular flexibility index (Phi) is 2.58. The van der Waals surface area contributed by atoms with Gasteiger partial charge in [0.15, 0.2) is 0 Å². The molecule has 0 atom stereocenters. The summed E-state index contributed by atoms with van der Waals surface area (Å²) in [4.78, 5) is 0. The minimum Gasteiger partial charge on any atom is -0.192 e. The third-order valence-corrected chi connectivity index (χ3v) is 2.06. The molecule has 1 aromatic carbocycles. The molecule has 0 bridgehead atoms. The van der Waals surface area contributed by atoms with Crippen molar-refractivity contribution in [2.45, 2.75) is 26.2 Å². The van der Waals surface area contributed by atoms with Gasteiger partial charge in [0.05, 0.1) is 23.3 Å². The van der Waals surface area contributed by atoms with Crippen LogP contribution in [-0.2, 0) is 5.41 Å². The second kappa shape index (κ2) is 3.52. The lowest BCUT2D eigenvalue weighted by atomic mass is 9.85. The zero-order valence-corrected chi connectivity index (χ0v) is 8.63. The first-order valence-electron chi connectivity index (χ1n) is 4.43. The van der Waals surface area contributed by atoms with Crippen molar-refractivity contribution in [1.29, 1.82) is 10.5 Å². The van der Waals surface area contributed by atoms with Gasteiger partial charge in [-0.15, -0.1) is 0 Å². The molecule has 2 nitrogen and oxygen atoms in total. The first kappa shape index (κ1) is 10.3. The molecule has 2 heteroatoms. The molecule has 0 aliphatic heterocycles. The number of hydrogen-bond donors (Lipinski definition) is 0. The van der Waals surface area contributed by atoms with Crippen LogP contribution in [0.15, 0.2) is 18.2 Å². The maximum Gasteiger partial charge on any atom is 0.0992 e. The van der Waals surface area contributed by atoms with E-state index in [9.17, 15) is 0 Å². The number of nitrogens with zero attached hydrogens (tertiary/aromatic N) is 2. The highest BCUT2D eigenvalue weighted by Gasteiger charge is 2.15. The molecule has 0 N–H and O–H groups in total. The summed E-state index contributed by atoms with van der Waals surface area (Å²) in [6, 6.07) is 9.40. The Labute approximate surface area is 84.4 Å². The van der Waals surface area contributed by atoms with Crippen molar-refractivity contribution >= 4 is 0 Å². The topological polar surface area (TPSA) is 47.6 Å². The lowest BCUT2D eigenvalue weighted by molar-refractivity contribution is 0.590. The Morgan fingerprint density at radius 2 is 1.36 bits per heavy atom. The highest BCUT2D eigenvalue weighted by atomic mass is 14.3. The summed E-state index contributed by atoms with van der Waals surface area (Å²) in [6.07, 6.45) is 0. The van der Waals surface area contributed by atoms with Gasteiger partial charge in [-0.3, -0.25) is 0 Å². The fourth-order valence-electron chi connectivity index (χ4n) is 1.19. The summed E-state index contributed by atoms with van der Waals surface area (Å²) in [6.45, 7) is 6.18. The number of nitriles is 2. The maximum atomic E-state index is 8.79. The summed E-state index contributed by atoms with van der Waals surface area (Å²) in [5, 5.41) is 17.6. The molecule has 0 radical (unpaired) electrons. The largest absolute Gasteiger partial charge is 0.192 e. The van der Waals surface area contributed by atoms with E-state index < -0.39 is 0 Å². The lowest BCUT2D eigenvalue weighted by Gasteiger charge is -2.19. The molecule has 1 aromatic rings. The molecule has 0 unspecified atom stereocenters. The summed E-state index contributed by atoms with van der Waals surface area (Å²) < 4.78 is 0. The second-order valence-corrected chi connectivity index (χ2v) is 4.27. The first-order valence-corrected chi connectivity index (χ1v) is 4.43. The van der Waals surface area contributed by atoms with Crippen molar-refractivity contribution in [2.24, 2.45) is 0 Å². The van der Waals surface area contributed by atoms with Crippen LogP contribution in [0.3, 0.4) is 0 Å². The van der Waals surface area contributed by atoms with Crippen LogP contribution in [0, 0.1) is 22.7 Å². The number of rotatable bonds is 0. The Hall–Kier alpha value is -1.80. The van der Waals surface area contributed by atoms with E-state index in [4.69, 9.17) is 10.5 Å². The monoisotopic (exact) mass is 184 g/mol. The molecule has 0 fully saturated rings. The Morgan fingerprint density at radius 3 is 1.64 bits per heavy atom. The van der Waals surface area contributed by atoms with E-state index in [2.05, 4.69) is 32.9 Å². The molecular weight excluding hydrogens is 172 g/mol. The van der Waals surface area contributed by atoms with Crippen molar-refractivity contribution < 1.29 is 0 Å². The Balaban J connectivity index is 3.36. The third-order valence-electron chi connectivity index (χ3n) is 2.06. The summed E-state index contributed by atoms with van der Waals surface area (Å²) >= 11 is 0. The fraction of sp³-hybridized carbons (Fsp3) is 0.333. The molecule has 1 rings (SSSR count). The molecule has 70 valence electrons. The summed E-state index contributed by atoms with van der Waals surface area (Å²) in [5.41, 5.74) is 2.09. The average Bonchev–Trinajstić information content (AvgIpc) is 2.15. The van der Waals surface area contributed by atoms with Gasteiger partial charge in [0, 0.05) is 0 Å². The zero-order chi connectivity index (χ0) is 10.8. The summed E-state index contributed by atoms with van der Waals surface area (Å²) in [7, 11) is 0. The average molecular weight is 184 g/mol. The van der Waals surface area contributed by atoms with Crippen LogP contribution in [0.5, 0.6) is 0 Å². The number of hydrogen-bond acceptors (Lipinski definition) is 2. The van der Waals surface area contributed by atoms with Gasteiger partial charge in [-0.1, -0.05) is 20.8 Å². The van der Waals surface area contributed by atoms with Crippen LogP contribution in [0.1, 0.15) is 37.5 Å². The van der Waals surface area contributed by atoms with Crippen LogP contribution in [0.25, 0.3) is 0 Å². The fourth-order valence-corrected chi connectivity index (χ4v) is 1.19. The Bertz CT molecular complexity index is 393. The molecule has 14 heavy (non-hydrogen) atoms. The van der Waals surface area contributed by atoms with Crippen LogP contribution < -0.4 is 0 Å². The van der Waals surface area contributed by atoms with Gasteiger partial charge in [0.2, 0.25) is 0 Å². The van der Waals surface area contributed by atoms with Crippen molar-refractivity contribution in [1.82, 2.24) is 0 Å². The molecular formula is C12H12N2. The molecule has 0 saturated heterocycles. The molecule has 0 heterocycles. The predicted molar refractivity (Wildman–Crippen MR) is 54.6 cm³/mol. The van der Waals surface area contributed by atoms with Crippen molar-refractivity contribution in [2.75, 3.05) is 0 Å². The molecule has 0 spiro atoms. The maximum absolute atomic E-state index is 8.79. The van der Waals surface area contributed by atoms with Crippen LogP contribution in [0.4, 0.5) is 0 Å². The van der Waals surface area contributed by atoms with E-state index in [1.54, 1.807) is 6.07 Å². The van der Waals surface area contributed by atoms with E-state index in [0.29, 0.717) is 11.1 Å². The predicted octanol–water partition coefficient (Wildman–Crippen LogP) is 2.73. The van der Waals surface area contributed by atoms with Crippen molar-refractivity contribution in [3.63, 3.8) is 0 Å². The van der Waals surface area contributed by atoms with Crippen LogP contribution in [-0.4, -0.2) is 0 Å². The van der Waals surface area contributed by atoms with Crippen molar-refractivity contribution in [3.05, 3.63) is 34.9 Å². The van der Waals surface area contributed by atoms with Gasteiger partial charge in [0.25, 0.3) is 0 Å². The lowest BCUT2D eigenvalue weighted by Crippen LogP contribution is -2.11. The molecule has 0 saturated carbocycles. The van der Waals surface area contributed by atoms with E-state index in [-0.39, 0.29) is 5.41 Å². The van der Waals surface area contributed by atoms with Gasteiger partial charge in [-0.25, -0.2) is 0 Å². The van der Waals surface area contributed by atoms with E-state index >= 15 is 0 Å².